The second kappa shape index (κ2) is 6.93. The van der Waals surface area contributed by atoms with E-state index in [1.165, 1.54) is 0 Å². The molecule has 3 rings (SSSR count). The molecule has 6 nitrogen and oxygen atoms in total. The van der Waals surface area contributed by atoms with E-state index in [4.69, 9.17) is 4.74 Å². The Hall–Kier alpha value is -2.89. The summed E-state index contributed by atoms with van der Waals surface area (Å²) in [6.07, 6.45) is 5.13. The maximum absolute atomic E-state index is 11.7. The Morgan fingerprint density at radius 3 is 2.88 bits per heavy atom. The highest BCUT2D eigenvalue weighted by molar-refractivity contribution is 5.95. The van der Waals surface area contributed by atoms with Gasteiger partial charge in [0.1, 0.15) is 5.60 Å². The average Bonchev–Trinajstić information content (AvgIpc) is 3.01. The summed E-state index contributed by atoms with van der Waals surface area (Å²) >= 11 is 0. The van der Waals surface area contributed by atoms with E-state index >= 15 is 0 Å². The number of pyridine rings is 1. The van der Waals surface area contributed by atoms with Gasteiger partial charge in [0.15, 0.2) is 0 Å². The summed E-state index contributed by atoms with van der Waals surface area (Å²) in [4.78, 5) is 15.8. The number of rotatable bonds is 4. The van der Waals surface area contributed by atoms with E-state index in [1.807, 2.05) is 68.2 Å². The minimum Gasteiger partial charge on any atom is -0.444 e. The van der Waals surface area contributed by atoms with Crippen molar-refractivity contribution in [3.63, 3.8) is 0 Å². The van der Waals surface area contributed by atoms with Crippen molar-refractivity contribution in [2.24, 2.45) is 0 Å². The van der Waals surface area contributed by atoms with Crippen LogP contribution in [0, 0.1) is 0 Å². The van der Waals surface area contributed by atoms with Crippen LogP contribution in [-0.4, -0.2) is 33.0 Å². The lowest BCUT2D eigenvalue weighted by molar-refractivity contribution is 0.0525. The molecule has 0 saturated heterocycles. The van der Waals surface area contributed by atoms with Gasteiger partial charge in [0.2, 0.25) is 0 Å². The summed E-state index contributed by atoms with van der Waals surface area (Å²) in [5.41, 5.74) is 1.47. The van der Waals surface area contributed by atoms with E-state index in [0.717, 1.165) is 22.0 Å². The van der Waals surface area contributed by atoms with Crippen molar-refractivity contribution in [1.82, 2.24) is 20.1 Å². The van der Waals surface area contributed by atoms with Crippen LogP contribution in [0.15, 0.2) is 48.9 Å². The van der Waals surface area contributed by atoms with Crippen LogP contribution < -0.4 is 5.32 Å². The van der Waals surface area contributed by atoms with Gasteiger partial charge in [0.25, 0.3) is 0 Å². The molecule has 1 N–H and O–H groups in total. The van der Waals surface area contributed by atoms with Gasteiger partial charge in [-0.15, -0.1) is 0 Å². The molecule has 6 heteroatoms. The number of hydrogen-bond acceptors (Lipinski definition) is 4. The van der Waals surface area contributed by atoms with E-state index in [-0.39, 0.29) is 0 Å². The first-order chi connectivity index (χ1) is 11.9. The molecule has 0 bridgehead atoms. The van der Waals surface area contributed by atoms with Gasteiger partial charge in [-0.3, -0.25) is 9.67 Å². The molecule has 0 aliphatic carbocycles. The molecule has 0 spiro atoms. The molecule has 0 unspecified atom stereocenters. The average molecular weight is 338 g/mol. The molecule has 0 radical (unpaired) electrons. The van der Waals surface area contributed by atoms with Gasteiger partial charge in [-0.25, -0.2) is 4.79 Å². The van der Waals surface area contributed by atoms with E-state index in [9.17, 15) is 4.79 Å². The fourth-order valence-corrected chi connectivity index (χ4v) is 2.56. The molecule has 0 saturated carbocycles. The molecular formula is C19H22N4O2. The smallest absolute Gasteiger partial charge is 0.407 e. The summed E-state index contributed by atoms with van der Waals surface area (Å²) in [6, 6.07) is 10.1. The van der Waals surface area contributed by atoms with Gasteiger partial charge < -0.3 is 10.1 Å². The molecular weight excluding hydrogens is 316 g/mol. The lowest BCUT2D eigenvalue weighted by atomic mass is 10.0. The molecule has 0 aliphatic rings. The van der Waals surface area contributed by atoms with Crippen molar-refractivity contribution in [2.45, 2.75) is 32.9 Å². The minimum atomic E-state index is -0.494. The van der Waals surface area contributed by atoms with Gasteiger partial charge in [-0.1, -0.05) is 18.2 Å². The maximum Gasteiger partial charge on any atom is 0.407 e. The van der Waals surface area contributed by atoms with Crippen molar-refractivity contribution in [3.8, 4) is 11.3 Å². The zero-order valence-corrected chi connectivity index (χ0v) is 14.7. The van der Waals surface area contributed by atoms with Gasteiger partial charge in [0.05, 0.1) is 12.2 Å². The highest BCUT2D eigenvalue weighted by Crippen LogP contribution is 2.26. The Kier molecular flexibility index (Phi) is 4.70. The number of nitrogens with zero attached hydrogens (tertiary/aromatic N) is 3. The van der Waals surface area contributed by atoms with Crippen LogP contribution >= 0.6 is 0 Å². The molecule has 25 heavy (non-hydrogen) atoms. The second-order valence-electron chi connectivity index (χ2n) is 6.80. The number of alkyl carbamates (subject to hydrolysis) is 1. The summed E-state index contributed by atoms with van der Waals surface area (Å²) in [5, 5.41) is 9.55. The number of amides is 1. The Labute approximate surface area is 146 Å². The number of ether oxygens (including phenoxy) is 1. The number of benzene rings is 1. The summed E-state index contributed by atoms with van der Waals surface area (Å²) < 4.78 is 7.02. The molecule has 130 valence electrons. The third-order valence-electron chi connectivity index (χ3n) is 3.61. The first-order valence-corrected chi connectivity index (χ1v) is 8.26. The van der Waals surface area contributed by atoms with Crippen LogP contribution in [0.25, 0.3) is 22.0 Å². The first-order valence-electron chi connectivity index (χ1n) is 8.26. The Bertz CT molecular complexity index is 875. The number of carbonyl (C=O) groups excluding carboxylic acids is 1. The van der Waals surface area contributed by atoms with Crippen LogP contribution in [0.4, 0.5) is 4.79 Å². The molecule has 0 fully saturated rings. The lowest BCUT2D eigenvalue weighted by Gasteiger charge is -2.19. The number of nitrogens with one attached hydrogen (secondary N) is 1. The van der Waals surface area contributed by atoms with Crippen molar-refractivity contribution in [3.05, 3.63) is 48.9 Å². The van der Waals surface area contributed by atoms with Crippen molar-refractivity contribution < 1.29 is 9.53 Å². The topological polar surface area (TPSA) is 69.0 Å². The van der Waals surface area contributed by atoms with E-state index < -0.39 is 11.7 Å². The normalized spacial score (nSPS) is 11.5. The fraction of sp³-hybridized carbons (Fsp3) is 0.316. The van der Waals surface area contributed by atoms with Crippen molar-refractivity contribution in [2.75, 3.05) is 6.54 Å². The number of fused-ring (bicyclic) bond motifs is 1. The summed E-state index contributed by atoms with van der Waals surface area (Å²) in [5.74, 6) is 0. The number of aromatic nitrogens is 3. The third-order valence-corrected chi connectivity index (χ3v) is 3.61. The van der Waals surface area contributed by atoms with E-state index in [0.29, 0.717) is 13.1 Å². The van der Waals surface area contributed by atoms with Crippen LogP contribution in [-0.2, 0) is 11.3 Å². The Morgan fingerprint density at radius 2 is 2.08 bits per heavy atom. The first kappa shape index (κ1) is 17.0. The van der Waals surface area contributed by atoms with Gasteiger partial charge >= 0.3 is 6.09 Å². The maximum atomic E-state index is 11.7. The minimum absolute atomic E-state index is 0.415. The third kappa shape index (κ3) is 4.35. The Morgan fingerprint density at radius 1 is 1.24 bits per heavy atom. The number of carbonyl (C=O) groups is 1. The van der Waals surface area contributed by atoms with Crippen molar-refractivity contribution >= 4 is 16.9 Å². The molecule has 3 aromatic rings. The summed E-state index contributed by atoms with van der Waals surface area (Å²) in [6.45, 7) is 6.55. The van der Waals surface area contributed by atoms with Crippen molar-refractivity contribution in [1.29, 1.82) is 0 Å². The fourth-order valence-electron chi connectivity index (χ4n) is 2.56. The molecule has 2 aromatic heterocycles. The second-order valence-corrected chi connectivity index (χ2v) is 6.80. The Balaban J connectivity index is 1.66. The largest absolute Gasteiger partial charge is 0.444 e. The SMILES string of the molecule is CC(C)(C)OC(=O)NCCn1ccc(-c2cccc3cnccc23)n1. The predicted octanol–water partition coefficient (Wildman–Crippen LogP) is 3.62. The highest BCUT2D eigenvalue weighted by atomic mass is 16.6. The van der Waals surface area contributed by atoms with E-state index in [1.54, 1.807) is 6.20 Å². The molecule has 1 aromatic carbocycles. The van der Waals surface area contributed by atoms with Gasteiger partial charge in [-0.05, 0) is 38.3 Å². The predicted molar refractivity (Wildman–Crippen MR) is 97.2 cm³/mol. The standard InChI is InChI=1S/C19H22N4O2/c1-19(2,3)25-18(24)21-10-12-23-11-8-17(22-23)16-6-4-5-14-13-20-9-7-15(14)16/h4-9,11,13H,10,12H2,1-3H3,(H,21,24). The monoisotopic (exact) mass is 338 g/mol. The van der Waals surface area contributed by atoms with Crippen LogP contribution in [0.3, 0.4) is 0 Å². The zero-order valence-electron chi connectivity index (χ0n) is 14.7. The molecule has 0 aliphatic heterocycles. The van der Waals surface area contributed by atoms with Gasteiger partial charge in [-0.2, -0.15) is 5.10 Å². The quantitative estimate of drug-likeness (QED) is 0.789. The molecule has 1 amide bonds. The van der Waals surface area contributed by atoms with Crippen LogP contribution in [0.1, 0.15) is 20.8 Å². The molecule has 2 heterocycles. The highest BCUT2D eigenvalue weighted by Gasteiger charge is 2.15. The molecule has 0 atom stereocenters. The van der Waals surface area contributed by atoms with Crippen LogP contribution in [0.2, 0.25) is 0 Å². The van der Waals surface area contributed by atoms with Crippen LogP contribution in [0.5, 0.6) is 0 Å². The zero-order chi connectivity index (χ0) is 17.9. The van der Waals surface area contributed by atoms with Gasteiger partial charge in [0, 0.05) is 36.1 Å². The number of hydrogen-bond donors (Lipinski definition) is 1. The summed E-state index contributed by atoms with van der Waals surface area (Å²) in [7, 11) is 0. The van der Waals surface area contributed by atoms with E-state index in [2.05, 4.69) is 15.4 Å². The lowest BCUT2D eigenvalue weighted by Crippen LogP contribution is -2.34.